The van der Waals surface area contributed by atoms with Crippen LogP contribution in [0.4, 0.5) is 0 Å². The smallest absolute Gasteiger partial charge is 0.456 e. The molecule has 0 spiro atoms. The van der Waals surface area contributed by atoms with Crippen LogP contribution in [0.2, 0.25) is 0 Å². The summed E-state index contributed by atoms with van der Waals surface area (Å²) in [6.07, 6.45) is 84.5. The number of amides is 1. The summed E-state index contributed by atoms with van der Waals surface area (Å²) in [5, 5.41) is 3.04. The molecule has 0 radical (unpaired) electrons. The molecule has 0 fully saturated rings. The van der Waals surface area contributed by atoms with Gasteiger partial charge in [-0.25, -0.2) is 4.57 Å². The van der Waals surface area contributed by atoms with Gasteiger partial charge in [-0.15, -0.1) is 0 Å². The molecule has 10 heteroatoms. The lowest BCUT2D eigenvalue weighted by Crippen LogP contribution is -2.47. The van der Waals surface area contributed by atoms with Crippen LogP contribution >= 0.6 is 7.82 Å². The summed E-state index contributed by atoms with van der Waals surface area (Å²) in [5.41, 5.74) is 0. The molecule has 2 N–H and O–H groups in total. The van der Waals surface area contributed by atoms with Crippen LogP contribution in [0, 0.1) is 0 Å². The van der Waals surface area contributed by atoms with Crippen LogP contribution in [-0.4, -0.2) is 74.3 Å². The summed E-state index contributed by atoms with van der Waals surface area (Å²) in [7, 11) is 1.44. The fourth-order valence-corrected chi connectivity index (χ4v) is 9.31. The Hall–Kier alpha value is -3.85. The number of phosphoric ester groups is 1. The van der Waals surface area contributed by atoms with Crippen molar-refractivity contribution in [3.63, 3.8) is 0 Å². The maximum atomic E-state index is 13.6. The first-order valence-corrected chi connectivity index (χ1v) is 34.0. The topological polar surface area (TPSA) is 111 Å². The third-order valence-corrected chi connectivity index (χ3v) is 14.6. The molecule has 0 saturated carbocycles. The molecule has 462 valence electrons. The lowest BCUT2D eigenvalue weighted by Gasteiger charge is -2.27. The van der Waals surface area contributed by atoms with Crippen LogP contribution in [0.25, 0.3) is 0 Å². The van der Waals surface area contributed by atoms with Gasteiger partial charge in [0.2, 0.25) is 5.91 Å². The number of esters is 1. The van der Waals surface area contributed by atoms with Crippen LogP contribution in [0.5, 0.6) is 0 Å². The Labute approximate surface area is 498 Å². The highest BCUT2D eigenvalue weighted by Gasteiger charge is 2.30. The van der Waals surface area contributed by atoms with Crippen LogP contribution in [0.15, 0.2) is 134 Å². The maximum absolute atomic E-state index is 13.6. The van der Waals surface area contributed by atoms with Crippen LogP contribution in [0.3, 0.4) is 0 Å². The average molecular weight is 1150 g/mol. The fraction of sp³-hybridized carbons (Fsp3) is 0.662. The van der Waals surface area contributed by atoms with Crippen molar-refractivity contribution in [3.8, 4) is 0 Å². The number of quaternary nitrogens is 1. The highest BCUT2D eigenvalue weighted by Crippen LogP contribution is 2.43. The normalized spacial score (nSPS) is 14.5. The first-order chi connectivity index (χ1) is 39.4. The Bertz CT molecular complexity index is 1850. The monoisotopic (exact) mass is 1150 g/mol. The first kappa shape index (κ1) is 77.2. The van der Waals surface area contributed by atoms with E-state index in [0.717, 1.165) is 122 Å². The van der Waals surface area contributed by atoms with Gasteiger partial charge in [0, 0.05) is 12.8 Å². The van der Waals surface area contributed by atoms with Crippen molar-refractivity contribution in [3.05, 3.63) is 134 Å². The highest BCUT2D eigenvalue weighted by molar-refractivity contribution is 7.47. The summed E-state index contributed by atoms with van der Waals surface area (Å²) in [6, 6.07) is -0.883. The van der Waals surface area contributed by atoms with Crippen molar-refractivity contribution in [1.29, 1.82) is 0 Å². The maximum Gasteiger partial charge on any atom is 0.472 e. The lowest BCUT2D eigenvalue weighted by molar-refractivity contribution is -0.870. The number of phosphoric acid groups is 1. The number of allylic oxidation sites excluding steroid dienone is 21. The zero-order chi connectivity index (χ0) is 59.3. The number of carbonyl (C=O) groups is 2. The molecule has 0 heterocycles. The van der Waals surface area contributed by atoms with E-state index < -0.39 is 20.0 Å². The molecule has 81 heavy (non-hydrogen) atoms. The van der Waals surface area contributed by atoms with E-state index in [0.29, 0.717) is 23.9 Å². The molecule has 3 unspecified atom stereocenters. The molecule has 0 aliphatic carbocycles. The van der Waals surface area contributed by atoms with Crippen LogP contribution < -0.4 is 5.32 Å². The van der Waals surface area contributed by atoms with Crippen LogP contribution in [-0.2, 0) is 27.9 Å². The van der Waals surface area contributed by atoms with E-state index >= 15 is 0 Å². The van der Waals surface area contributed by atoms with Gasteiger partial charge in [0.05, 0.1) is 33.8 Å². The molecule has 0 aromatic heterocycles. The second-order valence-corrected chi connectivity index (χ2v) is 24.0. The molecular weight excluding hydrogens is 1020 g/mol. The molecule has 0 aliphatic heterocycles. The minimum absolute atomic E-state index is 0.0231. The highest BCUT2D eigenvalue weighted by atomic mass is 31.2. The number of unbranched alkanes of at least 4 members (excludes halogenated alkanes) is 21. The number of rotatable bonds is 57. The molecule has 1 amide bonds. The fourth-order valence-electron chi connectivity index (χ4n) is 8.57. The third kappa shape index (κ3) is 60.6. The summed E-state index contributed by atoms with van der Waals surface area (Å²) in [5.74, 6) is -0.577. The van der Waals surface area contributed by atoms with E-state index in [1.165, 1.54) is 89.9 Å². The summed E-state index contributed by atoms with van der Waals surface area (Å²) >= 11 is 0. The molecule has 0 aromatic rings. The minimum Gasteiger partial charge on any atom is -0.456 e. The van der Waals surface area contributed by atoms with Gasteiger partial charge in [-0.1, -0.05) is 245 Å². The Morgan fingerprint density at radius 1 is 0.444 bits per heavy atom. The summed E-state index contributed by atoms with van der Waals surface area (Å²) in [6.45, 7) is 6.81. The second-order valence-electron chi connectivity index (χ2n) is 22.5. The number of hydrogen-bond donors (Lipinski definition) is 2. The van der Waals surface area contributed by atoms with Gasteiger partial charge in [0.25, 0.3) is 0 Å². The average Bonchev–Trinajstić information content (AvgIpc) is 3.43. The minimum atomic E-state index is -4.47. The first-order valence-electron chi connectivity index (χ1n) is 32.5. The number of ether oxygens (including phenoxy) is 1. The molecule has 0 rings (SSSR count). The van der Waals surface area contributed by atoms with E-state index in [1.54, 1.807) is 0 Å². The molecule has 3 atom stereocenters. The van der Waals surface area contributed by atoms with Gasteiger partial charge >= 0.3 is 13.8 Å². The lowest BCUT2D eigenvalue weighted by atomic mass is 10.1. The number of carbonyl (C=O) groups excluding carboxylic acids is 2. The van der Waals surface area contributed by atoms with Gasteiger partial charge in [-0.05, 0) is 128 Å². The van der Waals surface area contributed by atoms with Gasteiger partial charge in [-0.2, -0.15) is 0 Å². The van der Waals surface area contributed by atoms with Gasteiger partial charge < -0.3 is 19.4 Å². The molecule has 0 bridgehead atoms. The van der Waals surface area contributed by atoms with Crippen molar-refractivity contribution in [1.82, 2.24) is 5.32 Å². The summed E-state index contributed by atoms with van der Waals surface area (Å²) < 4.78 is 30.7. The zero-order valence-electron chi connectivity index (χ0n) is 52.7. The van der Waals surface area contributed by atoms with Crippen LogP contribution in [0.1, 0.15) is 252 Å². The van der Waals surface area contributed by atoms with E-state index in [1.807, 2.05) is 33.3 Å². The third-order valence-electron chi connectivity index (χ3n) is 13.6. The summed E-state index contributed by atoms with van der Waals surface area (Å²) in [4.78, 5) is 37.8. The van der Waals surface area contributed by atoms with Crippen molar-refractivity contribution >= 4 is 19.7 Å². The molecule has 0 saturated heterocycles. The van der Waals surface area contributed by atoms with E-state index in [4.69, 9.17) is 13.8 Å². The van der Waals surface area contributed by atoms with Crippen molar-refractivity contribution in [2.75, 3.05) is 40.9 Å². The molecule has 0 aromatic carbocycles. The molecule has 0 aliphatic rings. The number of nitrogens with zero attached hydrogens (tertiary/aromatic N) is 1. The predicted octanol–water partition coefficient (Wildman–Crippen LogP) is 20.4. The number of hydrogen-bond acceptors (Lipinski definition) is 6. The molecule has 9 nitrogen and oxygen atoms in total. The van der Waals surface area contributed by atoms with E-state index in [-0.39, 0.29) is 31.5 Å². The quantitative estimate of drug-likeness (QED) is 0.0205. The van der Waals surface area contributed by atoms with E-state index in [2.05, 4.69) is 148 Å². The van der Waals surface area contributed by atoms with E-state index in [9.17, 15) is 19.0 Å². The second kappa shape index (κ2) is 59.3. The predicted molar refractivity (Wildman–Crippen MR) is 350 cm³/mol. The zero-order valence-corrected chi connectivity index (χ0v) is 53.6. The largest absolute Gasteiger partial charge is 0.472 e. The Morgan fingerprint density at radius 2 is 0.790 bits per heavy atom. The van der Waals surface area contributed by atoms with Gasteiger partial charge in [0.15, 0.2) is 0 Å². The van der Waals surface area contributed by atoms with Gasteiger partial charge in [0.1, 0.15) is 19.3 Å². The standard InChI is InChI=1S/C71H121N2O7P/c1-7-10-13-16-19-22-25-27-29-31-33-35-36-38-39-41-43-45-48-51-54-57-60-63-70(74)72-68(67-79-81(76,77)78-66-65-73(4,5)6)69(62-59-56-53-50-47-24-21-18-15-12-9-3)80-71(75)64-61-58-55-52-49-46-44-42-40-37-34-32-30-28-26-23-20-17-14-11-8-2/h11,14,19-20,22-23,27-30,33-35,37-39,42,44,49,52,59,62,68-69H,7-10,12-13,15-18,21,24-26,31-32,36,40-41,43,45-48,50-51,53-58,60-61,63-67H2,1-6H3,(H-,72,74,76,77)/p+1/b14-11-,22-19-,23-20-,29-27-,30-28-,35-33-,37-34-,39-38-,44-42-,52-49-,62-59+. The SMILES string of the molecule is CC/C=C\C/C=C\C/C=C\C/C=C\C/C=C\C/C=C\CCCCC(=O)OC(/C=C/CCCCCCCCCCC)C(COP(=O)(O)OCC[N+](C)(C)C)NC(=O)CCCCCCCCC/C=C\C/C=C\C/C=C\C/C=C\CCCCC. The van der Waals surface area contributed by atoms with Crippen molar-refractivity contribution in [2.45, 2.75) is 264 Å². The Kier molecular flexibility index (Phi) is 56.5. The number of likely N-dealkylation sites (N-methyl/N-ethyl adjacent to an activating group) is 1. The Morgan fingerprint density at radius 3 is 1.22 bits per heavy atom. The number of nitrogens with one attached hydrogen (secondary N) is 1. The van der Waals surface area contributed by atoms with Gasteiger partial charge in [-0.3, -0.25) is 18.6 Å². The molecular formula is C71H122N2O7P+. The van der Waals surface area contributed by atoms with Crippen molar-refractivity contribution < 1.29 is 37.3 Å². The Balaban J connectivity index is 5.27. The van der Waals surface area contributed by atoms with Crippen molar-refractivity contribution in [2.24, 2.45) is 0 Å².